The number of nitrogens with one attached hydrogen (secondary N) is 1. The molecule has 2 aromatic heterocycles. The largest absolute Gasteiger partial charge is 0.393 e. The van der Waals surface area contributed by atoms with Gasteiger partial charge >= 0.3 is 0 Å². The van der Waals surface area contributed by atoms with Gasteiger partial charge < -0.3 is 10.4 Å². The van der Waals surface area contributed by atoms with Gasteiger partial charge in [0.2, 0.25) is 0 Å². The second kappa shape index (κ2) is 7.85. The van der Waals surface area contributed by atoms with Crippen LogP contribution in [-0.4, -0.2) is 26.0 Å². The number of pyridine rings is 1. The zero-order valence-electron chi connectivity index (χ0n) is 14.6. The van der Waals surface area contributed by atoms with E-state index >= 15 is 0 Å². The molecule has 1 aromatic carbocycles. The number of nitrogens with zero attached hydrogens (tertiary/aromatic N) is 3. The summed E-state index contributed by atoms with van der Waals surface area (Å²) in [5.74, 6) is -0.0578. The summed E-state index contributed by atoms with van der Waals surface area (Å²) in [5.41, 5.74) is 2.75. The van der Waals surface area contributed by atoms with E-state index in [-0.39, 0.29) is 10.7 Å². The van der Waals surface area contributed by atoms with Crippen molar-refractivity contribution in [3.63, 3.8) is 0 Å². The third-order valence-electron chi connectivity index (χ3n) is 4.04. The zero-order valence-corrected chi connectivity index (χ0v) is 15.3. The lowest BCUT2D eigenvalue weighted by Crippen LogP contribution is -2.12. The first-order valence-electron chi connectivity index (χ1n) is 8.39. The molecule has 0 aliphatic heterocycles. The van der Waals surface area contributed by atoms with Gasteiger partial charge in [0.25, 0.3) is 0 Å². The van der Waals surface area contributed by atoms with Crippen LogP contribution in [0.3, 0.4) is 0 Å². The quantitative estimate of drug-likeness (QED) is 0.670. The number of aliphatic hydroxyl groups excluding tert-OH is 1. The van der Waals surface area contributed by atoms with Crippen LogP contribution in [0.15, 0.2) is 42.6 Å². The molecule has 7 heteroatoms. The number of hydrogen-bond acceptors (Lipinski definition) is 4. The van der Waals surface area contributed by atoms with Crippen LogP contribution in [0.1, 0.15) is 24.7 Å². The number of aryl methyl sites for hydroxylation is 1. The van der Waals surface area contributed by atoms with E-state index < -0.39 is 11.9 Å². The molecule has 0 aliphatic rings. The summed E-state index contributed by atoms with van der Waals surface area (Å²) in [4.78, 5) is 4.20. The summed E-state index contributed by atoms with van der Waals surface area (Å²) in [5, 5.41) is 17.6. The molecule has 2 heterocycles. The normalized spacial score (nSPS) is 12.2. The number of aliphatic hydroxyl groups is 1. The van der Waals surface area contributed by atoms with Crippen LogP contribution < -0.4 is 5.32 Å². The van der Waals surface area contributed by atoms with Gasteiger partial charge in [-0.05, 0) is 37.6 Å². The van der Waals surface area contributed by atoms with E-state index in [1.54, 1.807) is 29.1 Å². The lowest BCUT2D eigenvalue weighted by molar-refractivity contribution is 0.169. The third kappa shape index (κ3) is 4.03. The predicted octanol–water partition coefficient (Wildman–Crippen LogP) is 4.43. The van der Waals surface area contributed by atoms with Gasteiger partial charge in [0.1, 0.15) is 0 Å². The lowest BCUT2D eigenvalue weighted by atomic mass is 10.1. The van der Waals surface area contributed by atoms with Crippen molar-refractivity contribution in [2.24, 2.45) is 0 Å². The number of halogens is 2. The Kier molecular flexibility index (Phi) is 5.54. The predicted molar refractivity (Wildman–Crippen MR) is 101 cm³/mol. The molecule has 0 fully saturated rings. The van der Waals surface area contributed by atoms with E-state index in [2.05, 4.69) is 15.4 Å². The molecule has 0 spiro atoms. The van der Waals surface area contributed by atoms with Gasteiger partial charge in [-0.3, -0.25) is 4.98 Å². The van der Waals surface area contributed by atoms with Crippen molar-refractivity contribution in [3.8, 4) is 5.69 Å². The minimum atomic E-state index is -0.529. The van der Waals surface area contributed by atoms with Crippen LogP contribution in [0.4, 0.5) is 15.9 Å². The van der Waals surface area contributed by atoms with Gasteiger partial charge in [-0.25, -0.2) is 9.07 Å². The SMILES string of the molecule is CC[C@@H](O)Cc1cc(Nc2cccc(Cl)c2F)nn1-c1ccnc(C)c1. The lowest BCUT2D eigenvalue weighted by Gasteiger charge is -2.10. The van der Waals surface area contributed by atoms with Crippen LogP contribution in [0.25, 0.3) is 5.69 Å². The molecule has 0 aliphatic carbocycles. The first-order valence-corrected chi connectivity index (χ1v) is 8.76. The Bertz CT molecular complexity index is 912. The van der Waals surface area contributed by atoms with Crippen molar-refractivity contribution in [1.82, 2.24) is 14.8 Å². The molecular weight excluding hydrogens is 355 g/mol. The molecule has 2 N–H and O–H groups in total. The van der Waals surface area contributed by atoms with Crippen LogP contribution in [0, 0.1) is 12.7 Å². The fourth-order valence-electron chi connectivity index (χ4n) is 2.64. The van der Waals surface area contributed by atoms with Crippen molar-refractivity contribution in [2.45, 2.75) is 32.8 Å². The molecule has 0 radical (unpaired) electrons. The van der Waals surface area contributed by atoms with Crippen molar-refractivity contribution in [2.75, 3.05) is 5.32 Å². The van der Waals surface area contributed by atoms with Crippen LogP contribution in [0.5, 0.6) is 0 Å². The van der Waals surface area contributed by atoms with Gasteiger partial charge in [-0.1, -0.05) is 24.6 Å². The van der Waals surface area contributed by atoms with E-state index in [1.165, 1.54) is 6.07 Å². The van der Waals surface area contributed by atoms with E-state index in [9.17, 15) is 9.50 Å². The zero-order chi connectivity index (χ0) is 18.7. The number of aromatic nitrogens is 3. The maximum atomic E-state index is 14.2. The summed E-state index contributed by atoms with van der Waals surface area (Å²) >= 11 is 5.84. The summed E-state index contributed by atoms with van der Waals surface area (Å²) < 4.78 is 15.9. The molecule has 0 amide bonds. The smallest absolute Gasteiger partial charge is 0.165 e. The Hall–Kier alpha value is -2.44. The minimum absolute atomic E-state index is 0.0424. The van der Waals surface area contributed by atoms with Gasteiger partial charge in [0.15, 0.2) is 11.6 Å². The van der Waals surface area contributed by atoms with Gasteiger partial charge in [0, 0.05) is 30.1 Å². The molecule has 0 unspecified atom stereocenters. The highest BCUT2D eigenvalue weighted by molar-refractivity contribution is 6.31. The van der Waals surface area contributed by atoms with Crippen molar-refractivity contribution >= 4 is 23.1 Å². The van der Waals surface area contributed by atoms with Crippen LogP contribution >= 0.6 is 11.6 Å². The molecule has 1 atom stereocenters. The number of benzene rings is 1. The number of rotatable bonds is 6. The molecule has 26 heavy (non-hydrogen) atoms. The van der Waals surface area contributed by atoms with Gasteiger partial charge in [0.05, 0.1) is 22.5 Å². The fourth-order valence-corrected chi connectivity index (χ4v) is 2.81. The van der Waals surface area contributed by atoms with Crippen molar-refractivity contribution < 1.29 is 9.50 Å². The van der Waals surface area contributed by atoms with E-state index in [0.717, 1.165) is 17.1 Å². The van der Waals surface area contributed by atoms with Gasteiger partial charge in [-0.15, -0.1) is 5.10 Å². The summed E-state index contributed by atoms with van der Waals surface area (Å²) in [6.45, 7) is 3.82. The maximum Gasteiger partial charge on any atom is 0.165 e. The minimum Gasteiger partial charge on any atom is -0.393 e. The molecular formula is C19H20ClFN4O. The highest BCUT2D eigenvalue weighted by Gasteiger charge is 2.15. The molecule has 3 aromatic rings. The van der Waals surface area contributed by atoms with Crippen molar-refractivity contribution in [1.29, 1.82) is 0 Å². The Morgan fingerprint density at radius 2 is 2.12 bits per heavy atom. The van der Waals surface area contributed by atoms with E-state index in [4.69, 9.17) is 11.6 Å². The summed E-state index contributed by atoms with van der Waals surface area (Å²) in [7, 11) is 0. The average Bonchev–Trinajstić information content (AvgIpc) is 3.01. The molecule has 0 bridgehead atoms. The summed E-state index contributed by atoms with van der Waals surface area (Å²) in [6.07, 6.45) is 2.29. The molecule has 0 saturated carbocycles. The Labute approximate surface area is 156 Å². The van der Waals surface area contributed by atoms with E-state index in [1.807, 2.05) is 26.0 Å². The molecule has 136 valence electrons. The topological polar surface area (TPSA) is 63.0 Å². The van der Waals surface area contributed by atoms with Crippen molar-refractivity contribution in [3.05, 3.63) is 64.8 Å². The molecule has 0 saturated heterocycles. The van der Waals surface area contributed by atoms with Crippen LogP contribution in [0.2, 0.25) is 5.02 Å². The Morgan fingerprint density at radius 1 is 1.31 bits per heavy atom. The maximum absolute atomic E-state index is 14.2. The second-order valence-electron chi connectivity index (χ2n) is 6.08. The molecule has 5 nitrogen and oxygen atoms in total. The average molecular weight is 375 g/mol. The monoisotopic (exact) mass is 374 g/mol. The Morgan fingerprint density at radius 3 is 2.85 bits per heavy atom. The highest BCUT2D eigenvalue weighted by atomic mass is 35.5. The van der Waals surface area contributed by atoms with Crippen LogP contribution in [-0.2, 0) is 6.42 Å². The Balaban J connectivity index is 1.99. The number of anilines is 2. The standard InChI is InChI=1S/C19H20ClFN4O/c1-3-15(26)10-14-11-18(23-17-6-4-5-16(20)19(17)21)24-25(14)13-7-8-22-12(2)9-13/h4-9,11,15,26H,3,10H2,1-2H3,(H,23,24)/t15-/m1/s1. The van der Waals surface area contributed by atoms with E-state index in [0.29, 0.717) is 18.7 Å². The van der Waals surface area contributed by atoms with Gasteiger partial charge in [-0.2, -0.15) is 0 Å². The first-order chi connectivity index (χ1) is 12.5. The third-order valence-corrected chi connectivity index (χ3v) is 4.33. The number of hydrogen-bond donors (Lipinski definition) is 2. The molecule has 3 rings (SSSR count). The highest BCUT2D eigenvalue weighted by Crippen LogP contribution is 2.26. The first kappa shape index (κ1) is 18.4. The fraction of sp³-hybridized carbons (Fsp3) is 0.263. The summed E-state index contributed by atoms with van der Waals surface area (Å²) in [6, 6.07) is 10.3. The second-order valence-corrected chi connectivity index (χ2v) is 6.49.